The van der Waals surface area contributed by atoms with Crippen LogP contribution in [0.1, 0.15) is 12.8 Å². The molecule has 0 saturated carbocycles. The van der Waals surface area contributed by atoms with E-state index in [1.165, 1.54) is 0 Å². The minimum absolute atomic E-state index is 0.111. The summed E-state index contributed by atoms with van der Waals surface area (Å²) in [7, 11) is 1.54. The van der Waals surface area contributed by atoms with Crippen LogP contribution in [0.4, 0.5) is 0 Å². The van der Waals surface area contributed by atoms with Crippen molar-refractivity contribution in [3.63, 3.8) is 0 Å². The highest BCUT2D eigenvalue weighted by Crippen LogP contribution is 2.15. The van der Waals surface area contributed by atoms with E-state index in [4.69, 9.17) is 9.84 Å². The van der Waals surface area contributed by atoms with E-state index >= 15 is 0 Å². The normalized spacial score (nSPS) is 20.1. The molecule has 1 aliphatic heterocycles. The molecule has 1 heterocycles. The molecule has 6 nitrogen and oxygen atoms in total. The molecule has 1 atom stereocenters. The summed E-state index contributed by atoms with van der Waals surface area (Å²) in [6.45, 7) is 2.24. The van der Waals surface area contributed by atoms with Crippen LogP contribution >= 0.6 is 0 Å². The number of methoxy groups -OCH3 is 1. The Labute approximate surface area is 95.0 Å². The molecule has 1 aliphatic rings. The van der Waals surface area contributed by atoms with Crippen molar-refractivity contribution in [1.82, 2.24) is 10.6 Å². The maximum absolute atomic E-state index is 10.7. The number of aliphatic hydroxyl groups excluding tert-OH is 1. The molecule has 1 saturated heterocycles. The van der Waals surface area contributed by atoms with Crippen molar-refractivity contribution < 1.29 is 19.7 Å². The van der Waals surface area contributed by atoms with Crippen molar-refractivity contribution in [2.75, 3.05) is 33.4 Å². The Bertz CT molecular complexity index is 231. The fraction of sp³-hybridized carbons (Fsp3) is 0.900. The van der Waals surface area contributed by atoms with Crippen molar-refractivity contribution in [3.8, 4) is 0 Å². The summed E-state index contributed by atoms with van der Waals surface area (Å²) in [5.74, 6) is -0.800. The monoisotopic (exact) mass is 232 g/mol. The third-order valence-electron chi connectivity index (χ3n) is 2.75. The predicted molar refractivity (Wildman–Crippen MR) is 58.4 cm³/mol. The van der Waals surface area contributed by atoms with E-state index in [-0.39, 0.29) is 12.0 Å². The smallest absolute Gasteiger partial charge is 0.305 e. The first-order valence-electron chi connectivity index (χ1n) is 5.42. The number of rotatable bonds is 8. The fourth-order valence-corrected chi connectivity index (χ4v) is 1.81. The summed E-state index contributed by atoms with van der Waals surface area (Å²) in [6.07, 6.45) is 0.183. The Balaban J connectivity index is 2.21. The molecule has 0 aromatic heterocycles. The van der Waals surface area contributed by atoms with Gasteiger partial charge in [-0.2, -0.15) is 0 Å². The zero-order chi connectivity index (χ0) is 12.0. The summed E-state index contributed by atoms with van der Waals surface area (Å²) in [4.78, 5) is 10.7. The zero-order valence-corrected chi connectivity index (χ0v) is 9.53. The number of carbonyl (C=O) groups is 1. The average Bonchev–Trinajstić information content (AvgIpc) is 2.13. The summed E-state index contributed by atoms with van der Waals surface area (Å²) in [6, 6.07) is 0. The van der Waals surface area contributed by atoms with Gasteiger partial charge in [0, 0.05) is 20.2 Å². The first-order valence-corrected chi connectivity index (χ1v) is 5.42. The van der Waals surface area contributed by atoms with E-state index in [1.54, 1.807) is 7.11 Å². The van der Waals surface area contributed by atoms with Gasteiger partial charge in [-0.25, -0.2) is 0 Å². The lowest BCUT2D eigenvalue weighted by atomic mass is 9.88. The van der Waals surface area contributed by atoms with Crippen LogP contribution in [0.3, 0.4) is 0 Å². The lowest BCUT2D eigenvalue weighted by molar-refractivity contribution is -0.139. The van der Waals surface area contributed by atoms with Crippen molar-refractivity contribution in [1.29, 1.82) is 0 Å². The van der Waals surface area contributed by atoms with Crippen molar-refractivity contribution in [3.05, 3.63) is 0 Å². The van der Waals surface area contributed by atoms with Crippen LogP contribution in [-0.4, -0.2) is 61.2 Å². The molecule has 0 aliphatic carbocycles. The molecule has 0 aromatic rings. The molecule has 0 spiro atoms. The molecule has 1 unspecified atom stereocenters. The zero-order valence-electron chi connectivity index (χ0n) is 9.53. The molecule has 1 rings (SSSR count). The molecule has 0 bridgehead atoms. The first kappa shape index (κ1) is 13.4. The summed E-state index contributed by atoms with van der Waals surface area (Å²) < 4.78 is 4.81. The maximum Gasteiger partial charge on any atom is 0.305 e. The average molecular weight is 232 g/mol. The first-order chi connectivity index (χ1) is 7.58. The second-order valence-corrected chi connectivity index (χ2v) is 4.28. The van der Waals surface area contributed by atoms with Crippen LogP contribution in [0.25, 0.3) is 0 Å². The molecular formula is C10H20N2O4. The number of hydrogen-bond donors (Lipinski definition) is 4. The van der Waals surface area contributed by atoms with Crippen LogP contribution in [0.15, 0.2) is 0 Å². The van der Waals surface area contributed by atoms with E-state index in [0.29, 0.717) is 32.7 Å². The number of ether oxygens (including phenoxy) is 1. The molecule has 0 radical (unpaired) electrons. The van der Waals surface area contributed by atoms with E-state index in [2.05, 4.69) is 10.6 Å². The summed E-state index contributed by atoms with van der Waals surface area (Å²) in [5, 5.41) is 24.4. The lowest BCUT2D eigenvalue weighted by Crippen LogP contribution is -2.68. The number of aliphatic hydroxyl groups is 1. The van der Waals surface area contributed by atoms with Gasteiger partial charge < -0.3 is 25.6 Å². The Hall–Kier alpha value is -0.690. The maximum atomic E-state index is 10.7. The highest BCUT2D eigenvalue weighted by atomic mass is 16.5. The standard InChI is InChI=1S/C10H20N2O4/c1-16-5-8(13)2-3-12-10(4-9(14)15)6-11-7-10/h8,11-13H,2-7H2,1H3,(H,14,15). The molecule has 94 valence electrons. The van der Waals surface area contributed by atoms with Crippen LogP contribution in [-0.2, 0) is 9.53 Å². The molecule has 1 fully saturated rings. The number of nitrogens with one attached hydrogen (secondary N) is 2. The number of aliphatic carboxylic acids is 1. The molecule has 0 aromatic carbocycles. The molecule has 6 heteroatoms. The van der Waals surface area contributed by atoms with Gasteiger partial charge in [0.25, 0.3) is 0 Å². The predicted octanol–water partition coefficient (Wildman–Crippen LogP) is -1.21. The highest BCUT2D eigenvalue weighted by Gasteiger charge is 2.38. The van der Waals surface area contributed by atoms with Crippen LogP contribution in [0.5, 0.6) is 0 Å². The third-order valence-corrected chi connectivity index (χ3v) is 2.75. The molecule has 0 amide bonds. The van der Waals surface area contributed by atoms with Crippen molar-refractivity contribution in [2.24, 2.45) is 0 Å². The van der Waals surface area contributed by atoms with Crippen molar-refractivity contribution >= 4 is 5.97 Å². The van der Waals surface area contributed by atoms with Crippen LogP contribution in [0.2, 0.25) is 0 Å². The third kappa shape index (κ3) is 4.05. The number of hydrogen-bond acceptors (Lipinski definition) is 5. The van der Waals surface area contributed by atoms with Gasteiger partial charge in [0.2, 0.25) is 0 Å². The van der Waals surface area contributed by atoms with Gasteiger partial charge in [-0.15, -0.1) is 0 Å². The SMILES string of the molecule is COCC(O)CCNC1(CC(=O)O)CNC1. The van der Waals surface area contributed by atoms with Gasteiger partial charge in [-0.05, 0) is 13.0 Å². The van der Waals surface area contributed by atoms with Gasteiger partial charge >= 0.3 is 5.97 Å². The number of carboxylic acid groups (broad SMARTS) is 1. The molecular weight excluding hydrogens is 212 g/mol. The lowest BCUT2D eigenvalue weighted by Gasteiger charge is -2.42. The van der Waals surface area contributed by atoms with Crippen molar-refractivity contribution in [2.45, 2.75) is 24.5 Å². The second kappa shape index (κ2) is 6.15. The second-order valence-electron chi connectivity index (χ2n) is 4.28. The van der Waals surface area contributed by atoms with E-state index in [9.17, 15) is 9.90 Å². The van der Waals surface area contributed by atoms with Gasteiger partial charge in [0.15, 0.2) is 0 Å². The topological polar surface area (TPSA) is 90.8 Å². The van der Waals surface area contributed by atoms with Gasteiger partial charge in [0.05, 0.1) is 24.7 Å². The minimum atomic E-state index is -0.800. The van der Waals surface area contributed by atoms with Gasteiger partial charge in [-0.1, -0.05) is 0 Å². The fourth-order valence-electron chi connectivity index (χ4n) is 1.81. The summed E-state index contributed by atoms with van der Waals surface area (Å²) >= 11 is 0. The Morgan fingerprint density at radius 3 is 2.75 bits per heavy atom. The number of carboxylic acids is 1. The van der Waals surface area contributed by atoms with Gasteiger partial charge in [0.1, 0.15) is 0 Å². The summed E-state index contributed by atoms with van der Waals surface area (Å²) in [5.41, 5.74) is -0.335. The quantitative estimate of drug-likeness (QED) is 0.420. The van der Waals surface area contributed by atoms with Gasteiger partial charge in [-0.3, -0.25) is 4.79 Å². The van der Waals surface area contributed by atoms with E-state index in [1.807, 2.05) is 0 Å². The van der Waals surface area contributed by atoms with E-state index < -0.39 is 12.1 Å². The van der Waals surface area contributed by atoms with Crippen LogP contribution in [0, 0.1) is 0 Å². The van der Waals surface area contributed by atoms with E-state index in [0.717, 1.165) is 0 Å². The highest BCUT2D eigenvalue weighted by molar-refractivity contribution is 5.68. The Morgan fingerprint density at radius 1 is 1.62 bits per heavy atom. The van der Waals surface area contributed by atoms with Crippen LogP contribution < -0.4 is 10.6 Å². The largest absolute Gasteiger partial charge is 0.481 e. The molecule has 4 N–H and O–H groups in total. The minimum Gasteiger partial charge on any atom is -0.481 e. The Morgan fingerprint density at radius 2 is 2.31 bits per heavy atom. The molecule has 16 heavy (non-hydrogen) atoms. The Kier molecular flexibility index (Phi) is 5.14.